The number of thiazole rings is 2. The maximum Gasteiger partial charge on any atom is 0.358 e. The molecule has 0 bridgehead atoms. The molecule has 0 unspecified atom stereocenters. The number of esters is 1. The summed E-state index contributed by atoms with van der Waals surface area (Å²) >= 11 is 3.01. The van der Waals surface area contributed by atoms with Crippen molar-refractivity contribution in [1.29, 1.82) is 0 Å². The minimum absolute atomic E-state index is 0.0941. The minimum Gasteiger partial charge on any atom is -0.461 e. The van der Waals surface area contributed by atoms with Crippen LogP contribution in [0.5, 0.6) is 0 Å². The molecule has 1 aliphatic rings. The predicted octanol–water partition coefficient (Wildman–Crippen LogP) is 8.52. The molecule has 0 N–H and O–H groups in total. The lowest BCUT2D eigenvalue weighted by Gasteiger charge is -2.36. The normalized spacial score (nSPS) is 14.3. The number of carbonyl (C=O) groups is 2. The molecule has 3 heterocycles. The zero-order valence-corrected chi connectivity index (χ0v) is 34.7. The fourth-order valence-corrected chi connectivity index (χ4v) is 9.35. The molecule has 0 aliphatic carbocycles. The maximum atomic E-state index is 14.0. The Labute approximate surface area is 306 Å². The van der Waals surface area contributed by atoms with Crippen LogP contribution in [0.15, 0.2) is 47.5 Å². The third-order valence-corrected chi connectivity index (χ3v) is 18.0. The van der Waals surface area contributed by atoms with Gasteiger partial charge in [-0.05, 0) is 66.8 Å². The van der Waals surface area contributed by atoms with Gasteiger partial charge in [0.15, 0.2) is 23.9 Å². The summed E-state index contributed by atoms with van der Waals surface area (Å²) in [4.78, 5) is 40.2. The number of nitrogens with zero attached hydrogens (tertiary/aromatic N) is 4. The third kappa shape index (κ3) is 9.09. The molecule has 50 heavy (non-hydrogen) atoms. The third-order valence-electron chi connectivity index (χ3n) is 9.53. The topological polar surface area (TPSA) is 95.2 Å². The standard InChI is InChI=1S/C37H52N4O5S2Si2/c1-10-45-34(43)32-31(19-21-46-50(8,9)37(2,3)4)48-35(38-32)40-20-18-26-14-13-15-27(28(26)24-40)33(42)39-36-41(25-44-22-23-49(5,6)7)29-16-11-12-17-30(29)47-36/h11-17H,10,18-25H2,1-9H3. The molecule has 1 aliphatic heterocycles. The van der Waals surface area contributed by atoms with E-state index < -0.39 is 22.4 Å². The number of amides is 1. The molecule has 0 radical (unpaired) electrons. The van der Waals surface area contributed by atoms with Crippen molar-refractivity contribution >= 4 is 66.3 Å². The van der Waals surface area contributed by atoms with E-state index in [4.69, 9.17) is 23.9 Å². The highest BCUT2D eigenvalue weighted by Crippen LogP contribution is 2.37. The average molecular weight is 753 g/mol. The van der Waals surface area contributed by atoms with Gasteiger partial charge in [-0.15, -0.1) is 11.3 Å². The molecule has 13 heteroatoms. The van der Waals surface area contributed by atoms with Crippen LogP contribution in [0.1, 0.15) is 64.5 Å². The molecule has 0 fully saturated rings. The zero-order valence-electron chi connectivity index (χ0n) is 31.1. The quantitative estimate of drug-likeness (QED) is 0.0768. The Kier molecular flexibility index (Phi) is 12.1. The fourth-order valence-electron chi connectivity index (χ4n) is 5.48. The average Bonchev–Trinajstić information content (AvgIpc) is 3.63. The summed E-state index contributed by atoms with van der Waals surface area (Å²) in [6, 6.07) is 15.1. The Morgan fingerprint density at radius 3 is 2.48 bits per heavy atom. The number of carbonyl (C=O) groups excluding carboxylic acids is 2. The van der Waals surface area contributed by atoms with Crippen LogP contribution < -0.4 is 9.70 Å². The first-order valence-corrected chi connectivity index (χ1v) is 25.7. The summed E-state index contributed by atoms with van der Waals surface area (Å²) in [5, 5.41) is 0.842. The van der Waals surface area contributed by atoms with Gasteiger partial charge in [-0.1, -0.05) is 76.0 Å². The zero-order chi connectivity index (χ0) is 36.3. The Balaban J connectivity index is 1.41. The van der Waals surface area contributed by atoms with Crippen molar-refractivity contribution < 1.29 is 23.5 Å². The molecule has 9 nitrogen and oxygen atoms in total. The number of aromatic nitrogens is 2. The van der Waals surface area contributed by atoms with Gasteiger partial charge in [-0.2, -0.15) is 4.99 Å². The van der Waals surface area contributed by atoms with E-state index in [0.717, 1.165) is 50.4 Å². The molecule has 0 saturated heterocycles. The number of anilines is 1. The lowest BCUT2D eigenvalue weighted by Crippen LogP contribution is -2.41. The number of rotatable bonds is 13. The second-order valence-corrected chi connectivity index (χ2v) is 28.0. The van der Waals surface area contributed by atoms with Crippen LogP contribution in [-0.2, 0) is 40.0 Å². The molecule has 2 aromatic carbocycles. The summed E-state index contributed by atoms with van der Waals surface area (Å²) in [6.07, 6.45) is 1.34. The van der Waals surface area contributed by atoms with E-state index >= 15 is 0 Å². The number of hydrogen-bond acceptors (Lipinski definition) is 9. The van der Waals surface area contributed by atoms with Gasteiger partial charge in [-0.3, -0.25) is 9.36 Å². The van der Waals surface area contributed by atoms with E-state index in [9.17, 15) is 9.59 Å². The van der Waals surface area contributed by atoms with Crippen molar-refractivity contribution in [3.8, 4) is 0 Å². The summed E-state index contributed by atoms with van der Waals surface area (Å²) in [5.41, 5.74) is 4.02. The summed E-state index contributed by atoms with van der Waals surface area (Å²) < 4.78 is 21.0. The highest BCUT2D eigenvalue weighted by Gasteiger charge is 2.37. The molecule has 0 saturated carbocycles. The molecule has 2 aromatic heterocycles. The summed E-state index contributed by atoms with van der Waals surface area (Å²) in [7, 11) is -3.18. The highest BCUT2D eigenvalue weighted by molar-refractivity contribution is 7.16. The Morgan fingerprint density at radius 1 is 1.00 bits per heavy atom. The van der Waals surface area contributed by atoms with E-state index in [1.54, 1.807) is 6.92 Å². The van der Waals surface area contributed by atoms with Gasteiger partial charge >= 0.3 is 5.97 Å². The molecule has 5 rings (SSSR count). The second kappa shape index (κ2) is 15.7. The second-order valence-electron chi connectivity index (χ2n) is 15.5. The van der Waals surface area contributed by atoms with Crippen LogP contribution in [0.25, 0.3) is 10.2 Å². The van der Waals surface area contributed by atoms with E-state index in [1.165, 1.54) is 22.7 Å². The molecule has 0 atom stereocenters. The molecule has 0 spiro atoms. The van der Waals surface area contributed by atoms with Gasteiger partial charge in [0.2, 0.25) is 0 Å². The lowest BCUT2D eigenvalue weighted by atomic mass is 9.95. The van der Waals surface area contributed by atoms with E-state index in [0.29, 0.717) is 49.0 Å². The first-order valence-electron chi connectivity index (χ1n) is 17.5. The van der Waals surface area contributed by atoms with Gasteiger partial charge in [0.1, 0.15) is 6.73 Å². The fraction of sp³-hybridized carbons (Fsp3) is 0.514. The number of ether oxygens (including phenoxy) is 2. The molecule has 4 aromatic rings. The van der Waals surface area contributed by atoms with Crippen LogP contribution in [0.4, 0.5) is 5.13 Å². The van der Waals surface area contributed by atoms with Crippen molar-refractivity contribution in [3.63, 3.8) is 0 Å². The van der Waals surface area contributed by atoms with Crippen molar-refractivity contribution in [2.75, 3.05) is 31.3 Å². The minimum atomic E-state index is -1.95. The molecular formula is C37H52N4O5S2Si2. The van der Waals surface area contributed by atoms with Crippen molar-refractivity contribution in [2.24, 2.45) is 4.99 Å². The monoisotopic (exact) mass is 752 g/mol. The van der Waals surface area contributed by atoms with E-state index in [2.05, 4.69) is 70.5 Å². The van der Waals surface area contributed by atoms with E-state index in [1.807, 2.05) is 34.9 Å². The van der Waals surface area contributed by atoms with Gasteiger partial charge in [-0.25, -0.2) is 9.78 Å². The number of fused-ring (bicyclic) bond motifs is 2. The Morgan fingerprint density at radius 2 is 1.76 bits per heavy atom. The summed E-state index contributed by atoms with van der Waals surface area (Å²) in [5.74, 6) is -0.688. The number of hydrogen-bond donors (Lipinski definition) is 0. The molecule has 1 amide bonds. The molecule has 270 valence electrons. The SMILES string of the molecule is CCOC(=O)c1nc(N2CCc3cccc(C(=O)N=c4sc5ccccc5n4COCC[Si](C)(C)C)c3C2)sc1CCO[Si](C)(C)C(C)(C)C. The number of benzene rings is 2. The smallest absolute Gasteiger partial charge is 0.358 e. The van der Waals surface area contributed by atoms with Crippen molar-refractivity contribution in [2.45, 2.75) is 97.6 Å². The summed E-state index contributed by atoms with van der Waals surface area (Å²) in [6.45, 7) is 23.0. The molecular weight excluding hydrogens is 701 g/mol. The first kappa shape index (κ1) is 38.3. The van der Waals surface area contributed by atoms with Crippen LogP contribution in [-0.4, -0.2) is 64.2 Å². The van der Waals surface area contributed by atoms with Crippen LogP contribution in [0.3, 0.4) is 0 Å². The van der Waals surface area contributed by atoms with Gasteiger partial charge in [0.25, 0.3) is 5.91 Å². The first-order chi connectivity index (χ1) is 23.6. The lowest BCUT2D eigenvalue weighted by molar-refractivity contribution is 0.0519. The largest absolute Gasteiger partial charge is 0.461 e. The van der Waals surface area contributed by atoms with Gasteiger partial charge in [0.05, 0.1) is 16.8 Å². The number of para-hydroxylation sites is 1. The Bertz CT molecular complexity index is 1900. The van der Waals surface area contributed by atoms with Crippen LogP contribution in [0.2, 0.25) is 43.8 Å². The van der Waals surface area contributed by atoms with Gasteiger partial charge < -0.3 is 18.8 Å². The maximum absolute atomic E-state index is 14.0. The van der Waals surface area contributed by atoms with Crippen LogP contribution >= 0.6 is 22.7 Å². The van der Waals surface area contributed by atoms with Gasteiger partial charge in [0, 0.05) is 51.2 Å². The van der Waals surface area contributed by atoms with Crippen LogP contribution in [0, 0.1) is 0 Å². The van der Waals surface area contributed by atoms with Crippen molar-refractivity contribution in [3.05, 3.63) is 74.5 Å². The highest BCUT2D eigenvalue weighted by atomic mass is 32.1. The Hall–Kier alpha value is -2.95. The van der Waals surface area contributed by atoms with E-state index in [-0.39, 0.29) is 17.6 Å². The predicted molar refractivity (Wildman–Crippen MR) is 210 cm³/mol. The van der Waals surface area contributed by atoms with Crippen molar-refractivity contribution in [1.82, 2.24) is 9.55 Å².